The Labute approximate surface area is 140 Å². The van der Waals surface area contributed by atoms with Crippen LogP contribution in [0.3, 0.4) is 0 Å². The van der Waals surface area contributed by atoms with E-state index in [2.05, 4.69) is 33.6 Å². The van der Waals surface area contributed by atoms with Crippen molar-refractivity contribution < 1.29 is 9.47 Å². The minimum Gasteiger partial charge on any atom is -0.485 e. The number of ether oxygens (including phenoxy) is 2. The minimum atomic E-state index is 0.534. The van der Waals surface area contributed by atoms with Crippen LogP contribution in [0.1, 0.15) is 13.3 Å². The van der Waals surface area contributed by atoms with Crippen molar-refractivity contribution in [2.45, 2.75) is 13.3 Å². The fourth-order valence-electron chi connectivity index (χ4n) is 2.75. The zero-order chi connectivity index (χ0) is 16.4. The molecular weight excluding hydrogens is 304 g/mol. The molecule has 0 atom stereocenters. The van der Waals surface area contributed by atoms with Gasteiger partial charge in [0.2, 0.25) is 0 Å². The second-order valence-corrected chi connectivity index (χ2v) is 5.59. The highest BCUT2D eigenvalue weighted by Gasteiger charge is 2.17. The maximum atomic E-state index is 5.72. The first-order valence-corrected chi connectivity index (χ1v) is 8.14. The number of hydrogen-bond acceptors (Lipinski definition) is 5. The van der Waals surface area contributed by atoms with Gasteiger partial charge in [-0.3, -0.25) is 0 Å². The highest BCUT2D eigenvalue weighted by Crippen LogP contribution is 2.38. The van der Waals surface area contributed by atoms with Crippen LogP contribution in [0.15, 0.2) is 30.5 Å². The van der Waals surface area contributed by atoms with Gasteiger partial charge < -0.3 is 25.1 Å². The Hall–Kier alpha value is -2.89. The predicted molar refractivity (Wildman–Crippen MR) is 94.4 cm³/mol. The van der Waals surface area contributed by atoms with Gasteiger partial charge in [0.1, 0.15) is 24.7 Å². The summed E-state index contributed by atoms with van der Waals surface area (Å²) in [4.78, 5) is 7.81. The van der Waals surface area contributed by atoms with E-state index in [9.17, 15) is 0 Å². The summed E-state index contributed by atoms with van der Waals surface area (Å²) in [5.41, 5.74) is 2.72. The van der Waals surface area contributed by atoms with Gasteiger partial charge in [-0.25, -0.2) is 4.98 Å². The van der Waals surface area contributed by atoms with Crippen LogP contribution in [0.25, 0.3) is 11.0 Å². The van der Waals surface area contributed by atoms with Crippen molar-refractivity contribution in [2.24, 2.45) is 0 Å². The van der Waals surface area contributed by atoms with E-state index in [-0.39, 0.29) is 0 Å². The van der Waals surface area contributed by atoms with E-state index in [0.717, 1.165) is 41.2 Å². The molecule has 4 rings (SSSR count). The molecule has 3 N–H and O–H groups in total. The molecule has 0 saturated heterocycles. The van der Waals surface area contributed by atoms with Crippen LogP contribution in [0.5, 0.6) is 11.5 Å². The molecule has 123 valence electrons. The molecule has 1 aliphatic rings. The Bertz CT molecular complexity index is 859. The van der Waals surface area contributed by atoms with Crippen LogP contribution in [0.4, 0.5) is 17.2 Å². The van der Waals surface area contributed by atoms with E-state index in [1.807, 2.05) is 30.5 Å². The van der Waals surface area contributed by atoms with Crippen molar-refractivity contribution in [3.8, 4) is 11.5 Å². The number of benzene rings is 1. The summed E-state index contributed by atoms with van der Waals surface area (Å²) in [6.45, 7) is 4.14. The molecule has 3 heterocycles. The van der Waals surface area contributed by atoms with Crippen LogP contribution < -0.4 is 20.1 Å². The van der Waals surface area contributed by atoms with E-state index in [1.165, 1.54) is 0 Å². The third-order valence-corrected chi connectivity index (χ3v) is 3.85. The molecule has 0 bridgehead atoms. The Morgan fingerprint density at radius 3 is 3.08 bits per heavy atom. The molecule has 0 saturated carbocycles. The molecule has 0 unspecified atom stereocenters. The van der Waals surface area contributed by atoms with Gasteiger partial charge in [-0.1, -0.05) is 6.92 Å². The Balaban J connectivity index is 1.70. The van der Waals surface area contributed by atoms with Crippen molar-refractivity contribution in [3.05, 3.63) is 36.5 Å². The van der Waals surface area contributed by atoms with Crippen LogP contribution in [-0.2, 0) is 0 Å². The average Bonchev–Trinajstić information content (AvgIpc) is 3.09. The van der Waals surface area contributed by atoms with E-state index in [1.54, 1.807) is 0 Å². The first-order chi connectivity index (χ1) is 11.8. The van der Waals surface area contributed by atoms with Gasteiger partial charge in [0, 0.05) is 35.9 Å². The van der Waals surface area contributed by atoms with Crippen molar-refractivity contribution in [1.82, 2.24) is 9.97 Å². The molecule has 0 aliphatic carbocycles. The van der Waals surface area contributed by atoms with Gasteiger partial charge in [-0.2, -0.15) is 0 Å². The van der Waals surface area contributed by atoms with Gasteiger partial charge in [0.05, 0.1) is 5.69 Å². The van der Waals surface area contributed by atoms with E-state index < -0.39 is 0 Å². The molecule has 3 aromatic rings. The van der Waals surface area contributed by atoms with Gasteiger partial charge in [0.25, 0.3) is 0 Å². The molecule has 1 aliphatic heterocycles. The SMILES string of the molecule is CCCNc1cc(Nc2cc[c]c3c2OCCO3)nc2[nH]ccc12. The predicted octanol–water partition coefficient (Wildman–Crippen LogP) is 3.70. The lowest BCUT2D eigenvalue weighted by Gasteiger charge is -2.21. The Morgan fingerprint density at radius 1 is 1.25 bits per heavy atom. The quantitative estimate of drug-likeness (QED) is 0.668. The second-order valence-electron chi connectivity index (χ2n) is 5.59. The van der Waals surface area contributed by atoms with Crippen molar-refractivity contribution in [2.75, 3.05) is 30.4 Å². The molecular formula is C18H19N4O2. The number of aromatic amines is 1. The molecule has 0 fully saturated rings. The number of aromatic nitrogens is 2. The minimum absolute atomic E-state index is 0.534. The molecule has 6 heteroatoms. The standard InChI is InChI=1S/C18H19N4O2/c1-2-7-19-14-11-16(22-18-12(14)6-8-20-18)21-13-4-3-5-15-17(13)24-10-9-23-15/h3-4,6,8,11H,2,7,9-10H2,1H3,(H3,19,20,21,22). The lowest BCUT2D eigenvalue weighted by molar-refractivity contribution is 0.172. The summed E-state index contributed by atoms with van der Waals surface area (Å²) in [7, 11) is 0. The van der Waals surface area contributed by atoms with E-state index in [0.29, 0.717) is 24.7 Å². The molecule has 24 heavy (non-hydrogen) atoms. The highest BCUT2D eigenvalue weighted by molar-refractivity contribution is 5.92. The molecule has 6 nitrogen and oxygen atoms in total. The number of rotatable bonds is 5. The maximum Gasteiger partial charge on any atom is 0.185 e. The fraction of sp³-hybridized carbons (Fsp3) is 0.278. The smallest absolute Gasteiger partial charge is 0.185 e. The summed E-state index contributed by atoms with van der Waals surface area (Å²) >= 11 is 0. The number of hydrogen-bond donors (Lipinski definition) is 3. The molecule has 0 amide bonds. The first-order valence-electron chi connectivity index (χ1n) is 8.14. The molecule has 1 aromatic carbocycles. The van der Waals surface area contributed by atoms with Crippen molar-refractivity contribution in [1.29, 1.82) is 0 Å². The number of anilines is 3. The summed E-state index contributed by atoms with van der Waals surface area (Å²) in [6.07, 6.45) is 2.96. The number of pyridine rings is 1. The van der Waals surface area contributed by atoms with Crippen molar-refractivity contribution >= 4 is 28.2 Å². The molecule has 0 spiro atoms. The normalized spacial score (nSPS) is 13.0. The maximum absolute atomic E-state index is 5.72. The van der Waals surface area contributed by atoms with Crippen LogP contribution in [-0.4, -0.2) is 29.7 Å². The fourth-order valence-corrected chi connectivity index (χ4v) is 2.75. The van der Waals surface area contributed by atoms with Crippen LogP contribution >= 0.6 is 0 Å². The number of H-pyrrole nitrogens is 1. The van der Waals surface area contributed by atoms with Gasteiger partial charge in [-0.15, -0.1) is 0 Å². The molecule has 2 aromatic heterocycles. The van der Waals surface area contributed by atoms with E-state index in [4.69, 9.17) is 9.47 Å². The number of nitrogens with zero attached hydrogens (tertiary/aromatic N) is 1. The van der Waals surface area contributed by atoms with Crippen LogP contribution in [0.2, 0.25) is 0 Å². The summed E-state index contributed by atoms with van der Waals surface area (Å²) in [6, 6.07) is 10.8. The third kappa shape index (κ3) is 2.71. The Morgan fingerprint density at radius 2 is 2.17 bits per heavy atom. The lowest BCUT2D eigenvalue weighted by atomic mass is 10.2. The largest absolute Gasteiger partial charge is 0.485 e. The Kier molecular flexibility index (Phi) is 3.86. The van der Waals surface area contributed by atoms with Crippen LogP contribution in [0, 0.1) is 6.07 Å². The van der Waals surface area contributed by atoms with Crippen molar-refractivity contribution in [3.63, 3.8) is 0 Å². The van der Waals surface area contributed by atoms with Gasteiger partial charge in [0.15, 0.2) is 11.5 Å². The number of nitrogens with one attached hydrogen (secondary N) is 3. The van der Waals surface area contributed by atoms with E-state index >= 15 is 0 Å². The average molecular weight is 323 g/mol. The summed E-state index contributed by atoms with van der Waals surface area (Å²) in [5, 5.41) is 7.87. The summed E-state index contributed by atoms with van der Waals surface area (Å²) in [5.74, 6) is 2.06. The zero-order valence-electron chi connectivity index (χ0n) is 13.5. The van der Waals surface area contributed by atoms with Gasteiger partial charge in [-0.05, 0) is 24.6 Å². The highest BCUT2D eigenvalue weighted by atomic mass is 16.6. The zero-order valence-corrected chi connectivity index (χ0v) is 13.5. The number of fused-ring (bicyclic) bond motifs is 2. The van der Waals surface area contributed by atoms with Gasteiger partial charge >= 0.3 is 0 Å². The second kappa shape index (κ2) is 6.31. The first kappa shape index (κ1) is 14.7. The summed E-state index contributed by atoms with van der Waals surface area (Å²) < 4.78 is 11.3. The lowest BCUT2D eigenvalue weighted by Crippen LogP contribution is -2.16. The monoisotopic (exact) mass is 323 g/mol. The molecule has 1 radical (unpaired) electrons. The third-order valence-electron chi connectivity index (χ3n) is 3.85. The topological polar surface area (TPSA) is 71.2 Å².